The van der Waals surface area contributed by atoms with Gasteiger partial charge in [0.15, 0.2) is 5.96 Å². The highest BCUT2D eigenvalue weighted by molar-refractivity contribution is 14.0. The van der Waals surface area contributed by atoms with Gasteiger partial charge in [-0.15, -0.1) is 24.0 Å². The molecular formula is C21H38IN5O3. The van der Waals surface area contributed by atoms with E-state index in [2.05, 4.69) is 20.6 Å². The predicted octanol–water partition coefficient (Wildman–Crippen LogP) is 3.42. The summed E-state index contributed by atoms with van der Waals surface area (Å²) in [6, 6.07) is 3.82. The molecule has 1 aromatic heterocycles. The first-order chi connectivity index (χ1) is 13.9. The Bertz CT molecular complexity index is 608. The second-order valence-corrected chi connectivity index (χ2v) is 7.59. The van der Waals surface area contributed by atoms with Gasteiger partial charge in [0.05, 0.1) is 6.54 Å². The molecule has 0 spiro atoms. The number of nitrogens with one attached hydrogen (secondary N) is 2. The van der Waals surface area contributed by atoms with Crippen molar-refractivity contribution < 1.29 is 14.3 Å². The molecule has 0 bridgehead atoms. The Morgan fingerprint density at radius 2 is 1.93 bits per heavy atom. The summed E-state index contributed by atoms with van der Waals surface area (Å²) in [5.74, 6) is 0.748. The van der Waals surface area contributed by atoms with Gasteiger partial charge in [-0.25, -0.2) is 4.79 Å². The maximum Gasteiger partial charge on any atom is 0.410 e. The van der Waals surface area contributed by atoms with E-state index >= 15 is 0 Å². The first-order valence-corrected chi connectivity index (χ1v) is 10.2. The van der Waals surface area contributed by atoms with E-state index < -0.39 is 5.60 Å². The minimum atomic E-state index is -0.532. The van der Waals surface area contributed by atoms with Gasteiger partial charge >= 0.3 is 6.09 Å². The lowest BCUT2D eigenvalue weighted by molar-refractivity contribution is 0.0232. The topological polar surface area (TPSA) is 88.1 Å². The van der Waals surface area contributed by atoms with Gasteiger partial charge in [0.1, 0.15) is 5.60 Å². The van der Waals surface area contributed by atoms with Crippen LogP contribution in [0.15, 0.2) is 29.5 Å². The first-order valence-electron chi connectivity index (χ1n) is 10.2. The molecule has 0 aliphatic carbocycles. The number of rotatable bonds is 11. The molecule has 0 fully saturated rings. The third kappa shape index (κ3) is 13.6. The zero-order valence-corrected chi connectivity index (χ0v) is 21.3. The molecule has 0 saturated heterocycles. The third-order valence-corrected chi connectivity index (χ3v) is 3.83. The number of carbonyl (C=O) groups excluding carboxylic acids is 1. The summed E-state index contributed by atoms with van der Waals surface area (Å²) in [6.45, 7) is 11.6. The van der Waals surface area contributed by atoms with E-state index in [9.17, 15) is 4.79 Å². The monoisotopic (exact) mass is 535 g/mol. The molecule has 30 heavy (non-hydrogen) atoms. The Kier molecular flexibility index (Phi) is 15.2. The average molecular weight is 535 g/mol. The van der Waals surface area contributed by atoms with Crippen LogP contribution < -0.4 is 10.6 Å². The summed E-state index contributed by atoms with van der Waals surface area (Å²) in [6.07, 6.45) is 4.85. The maximum absolute atomic E-state index is 12.6. The van der Waals surface area contributed by atoms with Crippen molar-refractivity contribution in [3.63, 3.8) is 0 Å². The first kappa shape index (κ1) is 28.4. The zero-order valence-electron chi connectivity index (χ0n) is 18.9. The van der Waals surface area contributed by atoms with Crippen molar-refractivity contribution in [2.75, 3.05) is 39.9 Å². The summed E-state index contributed by atoms with van der Waals surface area (Å²) in [7, 11) is 1.74. The number of hydrogen-bond acceptors (Lipinski definition) is 5. The number of guanidine groups is 1. The molecule has 0 aliphatic rings. The van der Waals surface area contributed by atoms with Crippen molar-refractivity contribution in [2.24, 2.45) is 4.99 Å². The van der Waals surface area contributed by atoms with Crippen LogP contribution in [0.5, 0.6) is 0 Å². The van der Waals surface area contributed by atoms with E-state index in [4.69, 9.17) is 9.47 Å². The number of hydrogen-bond donors (Lipinski definition) is 2. The molecule has 172 valence electrons. The molecule has 2 N–H and O–H groups in total. The molecule has 0 saturated carbocycles. The average Bonchev–Trinajstić information content (AvgIpc) is 2.67. The Labute approximate surface area is 198 Å². The lowest BCUT2D eigenvalue weighted by atomic mass is 10.2. The van der Waals surface area contributed by atoms with Crippen LogP contribution >= 0.6 is 24.0 Å². The van der Waals surface area contributed by atoms with E-state index in [1.54, 1.807) is 24.3 Å². The van der Waals surface area contributed by atoms with Crippen molar-refractivity contribution in [2.45, 2.75) is 52.7 Å². The van der Waals surface area contributed by atoms with Gasteiger partial charge in [-0.2, -0.15) is 0 Å². The lowest BCUT2D eigenvalue weighted by Crippen LogP contribution is -2.41. The molecule has 9 heteroatoms. The largest absolute Gasteiger partial charge is 0.444 e. The molecule has 8 nitrogen and oxygen atoms in total. The fourth-order valence-electron chi connectivity index (χ4n) is 2.50. The number of nitrogens with zero attached hydrogens (tertiary/aromatic N) is 3. The number of pyridine rings is 1. The predicted molar refractivity (Wildman–Crippen MR) is 131 cm³/mol. The summed E-state index contributed by atoms with van der Waals surface area (Å²) >= 11 is 0. The van der Waals surface area contributed by atoms with E-state index in [0.717, 1.165) is 44.1 Å². The maximum atomic E-state index is 12.6. The molecule has 1 aromatic rings. The third-order valence-electron chi connectivity index (χ3n) is 3.83. The molecule has 0 radical (unpaired) electrons. The molecular weight excluding hydrogens is 497 g/mol. The van der Waals surface area contributed by atoms with Crippen molar-refractivity contribution in [3.8, 4) is 0 Å². The summed E-state index contributed by atoms with van der Waals surface area (Å²) in [5.41, 5.74) is 0.439. The lowest BCUT2D eigenvalue weighted by Gasteiger charge is -2.27. The van der Waals surface area contributed by atoms with E-state index in [1.165, 1.54) is 0 Å². The molecule has 1 amide bonds. The van der Waals surface area contributed by atoms with Crippen LogP contribution in [0.3, 0.4) is 0 Å². The van der Waals surface area contributed by atoms with Crippen LogP contribution in [-0.2, 0) is 16.0 Å². The highest BCUT2D eigenvalue weighted by Crippen LogP contribution is 2.12. The van der Waals surface area contributed by atoms with Crippen LogP contribution in [0.25, 0.3) is 0 Å². The van der Waals surface area contributed by atoms with Gasteiger partial charge in [0.2, 0.25) is 0 Å². The van der Waals surface area contributed by atoms with Crippen molar-refractivity contribution >= 4 is 36.0 Å². The number of ether oxygens (including phenoxy) is 2. The molecule has 1 heterocycles. The van der Waals surface area contributed by atoms with Gasteiger partial charge < -0.3 is 25.0 Å². The van der Waals surface area contributed by atoms with E-state index in [1.807, 2.05) is 39.8 Å². The Morgan fingerprint density at radius 1 is 1.23 bits per heavy atom. The van der Waals surface area contributed by atoms with Gasteiger partial charge in [-0.3, -0.25) is 9.98 Å². The summed E-state index contributed by atoms with van der Waals surface area (Å²) < 4.78 is 10.9. The summed E-state index contributed by atoms with van der Waals surface area (Å²) in [4.78, 5) is 22.6. The van der Waals surface area contributed by atoms with Crippen LogP contribution in [0, 0.1) is 0 Å². The number of carbonyl (C=O) groups is 1. The zero-order chi connectivity index (χ0) is 21.5. The minimum absolute atomic E-state index is 0. The van der Waals surface area contributed by atoms with Crippen molar-refractivity contribution in [1.29, 1.82) is 0 Å². The summed E-state index contributed by atoms with van der Waals surface area (Å²) in [5, 5.41) is 6.53. The smallest absolute Gasteiger partial charge is 0.410 e. The van der Waals surface area contributed by atoms with Gasteiger partial charge in [0.25, 0.3) is 0 Å². The standard InChI is InChI=1S/C21H37N5O3.HI/c1-6-28-15-9-13-25-19(22-5)24-12-8-14-26(20(27)29-21(2,3)4)17-18-10-7-11-23-16-18;/h7,10-11,16H,6,8-9,12-15,17H2,1-5H3,(H2,22,24,25);1H. The molecule has 0 aromatic carbocycles. The quantitative estimate of drug-likeness (QED) is 0.196. The van der Waals surface area contributed by atoms with Crippen LogP contribution in [-0.4, -0.2) is 67.4 Å². The Hall–Kier alpha value is -1.62. The fraction of sp³-hybridized carbons (Fsp3) is 0.667. The highest BCUT2D eigenvalue weighted by Gasteiger charge is 2.22. The SMILES string of the molecule is CCOCCCNC(=NC)NCCCN(Cc1cccnc1)C(=O)OC(C)(C)C.I. The Balaban J connectivity index is 0.00000841. The van der Waals surface area contributed by atoms with Crippen LogP contribution in [0.2, 0.25) is 0 Å². The van der Waals surface area contributed by atoms with Gasteiger partial charge in [0, 0.05) is 52.3 Å². The van der Waals surface area contributed by atoms with Crippen LogP contribution in [0.4, 0.5) is 4.79 Å². The molecule has 0 unspecified atom stereocenters. The molecule has 1 rings (SSSR count). The minimum Gasteiger partial charge on any atom is -0.444 e. The normalized spacial score (nSPS) is 11.4. The van der Waals surface area contributed by atoms with Gasteiger partial charge in [-0.05, 0) is 52.2 Å². The molecule has 0 aliphatic heterocycles. The van der Waals surface area contributed by atoms with Crippen LogP contribution in [0.1, 0.15) is 46.1 Å². The molecule has 0 atom stereocenters. The van der Waals surface area contributed by atoms with E-state index in [-0.39, 0.29) is 30.1 Å². The Morgan fingerprint density at radius 3 is 2.50 bits per heavy atom. The number of amides is 1. The second kappa shape index (κ2) is 16.1. The van der Waals surface area contributed by atoms with Crippen molar-refractivity contribution in [1.82, 2.24) is 20.5 Å². The van der Waals surface area contributed by atoms with E-state index in [0.29, 0.717) is 19.6 Å². The van der Waals surface area contributed by atoms with Gasteiger partial charge in [-0.1, -0.05) is 6.07 Å². The number of aliphatic imine (C=N–C) groups is 1. The van der Waals surface area contributed by atoms with Crippen molar-refractivity contribution in [3.05, 3.63) is 30.1 Å². The number of aromatic nitrogens is 1. The second-order valence-electron chi connectivity index (χ2n) is 7.59. The number of halogens is 1. The fourth-order valence-corrected chi connectivity index (χ4v) is 2.50. The highest BCUT2D eigenvalue weighted by atomic mass is 127.